The molecule has 156 valence electrons. The Balaban J connectivity index is 1.67. The van der Waals surface area contributed by atoms with E-state index < -0.39 is 0 Å². The third kappa shape index (κ3) is 4.16. The number of carbonyl (C=O) groups excluding carboxylic acids is 2. The zero-order valence-corrected chi connectivity index (χ0v) is 18.1. The van der Waals surface area contributed by atoms with Crippen LogP contribution >= 0.6 is 23.2 Å². The highest BCUT2D eigenvalue weighted by Gasteiger charge is 2.26. The lowest BCUT2D eigenvalue weighted by molar-refractivity contribution is -0.134. The van der Waals surface area contributed by atoms with Gasteiger partial charge in [-0.25, -0.2) is 4.98 Å². The van der Waals surface area contributed by atoms with Crippen molar-refractivity contribution in [3.05, 3.63) is 52.5 Å². The molecule has 1 N–H and O–H groups in total. The molecule has 0 aliphatic carbocycles. The lowest BCUT2D eigenvalue weighted by Crippen LogP contribution is -2.49. The Bertz CT molecular complexity index is 1110. The summed E-state index contributed by atoms with van der Waals surface area (Å²) in [5, 5.41) is 3.77. The number of imidazole rings is 1. The van der Waals surface area contributed by atoms with Crippen molar-refractivity contribution in [3.63, 3.8) is 0 Å². The lowest BCUT2D eigenvalue weighted by atomic mass is 10.1. The summed E-state index contributed by atoms with van der Waals surface area (Å²) in [5.41, 5.74) is 2.32. The molecule has 1 aliphatic heterocycles. The Morgan fingerprint density at radius 1 is 1.17 bits per heavy atom. The van der Waals surface area contributed by atoms with Crippen molar-refractivity contribution in [2.45, 2.75) is 32.4 Å². The maximum atomic E-state index is 13.2. The first-order valence-corrected chi connectivity index (χ1v) is 10.6. The standard InChI is InChI=1S/C22H22Cl2N4O2/c1-14(29)25-15-6-5-11-27(12-15)20(30)13-28-19-10-3-2-9-18(19)26-22(28)16-7-4-8-17(23)21(16)24/h2-4,7-10,15H,5-6,11-13H2,1H3,(H,25,29)/t15-/m1/s1. The van der Waals surface area contributed by atoms with Gasteiger partial charge < -0.3 is 14.8 Å². The van der Waals surface area contributed by atoms with E-state index in [0.29, 0.717) is 34.5 Å². The largest absolute Gasteiger partial charge is 0.352 e. The van der Waals surface area contributed by atoms with E-state index in [4.69, 9.17) is 28.2 Å². The van der Waals surface area contributed by atoms with E-state index in [-0.39, 0.29) is 24.4 Å². The minimum absolute atomic E-state index is 0.0124. The number of likely N-dealkylation sites (tertiary alicyclic amines) is 1. The molecule has 1 fully saturated rings. The third-order valence-corrected chi connectivity index (χ3v) is 6.14. The van der Waals surface area contributed by atoms with E-state index >= 15 is 0 Å². The Morgan fingerprint density at radius 3 is 2.77 bits per heavy atom. The second-order valence-electron chi connectivity index (χ2n) is 7.49. The van der Waals surface area contributed by atoms with Crippen molar-refractivity contribution < 1.29 is 9.59 Å². The van der Waals surface area contributed by atoms with Gasteiger partial charge in [-0.2, -0.15) is 0 Å². The van der Waals surface area contributed by atoms with Crippen molar-refractivity contribution in [1.82, 2.24) is 19.8 Å². The number of piperidine rings is 1. The Morgan fingerprint density at radius 2 is 1.97 bits per heavy atom. The van der Waals surface area contributed by atoms with Gasteiger partial charge in [0.05, 0.1) is 21.1 Å². The number of rotatable bonds is 4. The van der Waals surface area contributed by atoms with Gasteiger partial charge in [0.25, 0.3) is 0 Å². The summed E-state index contributed by atoms with van der Waals surface area (Å²) < 4.78 is 1.89. The van der Waals surface area contributed by atoms with Crippen molar-refractivity contribution in [3.8, 4) is 11.4 Å². The number of aromatic nitrogens is 2. The molecule has 2 heterocycles. The van der Waals surface area contributed by atoms with Gasteiger partial charge in [0.2, 0.25) is 11.8 Å². The molecule has 4 rings (SSSR count). The fourth-order valence-electron chi connectivity index (χ4n) is 3.96. The summed E-state index contributed by atoms with van der Waals surface area (Å²) in [6, 6.07) is 13.1. The van der Waals surface area contributed by atoms with Crippen LogP contribution in [0, 0.1) is 0 Å². The van der Waals surface area contributed by atoms with E-state index in [1.807, 2.05) is 45.9 Å². The highest BCUT2D eigenvalue weighted by molar-refractivity contribution is 6.43. The molecule has 1 atom stereocenters. The first kappa shape index (κ1) is 20.7. The first-order valence-electron chi connectivity index (χ1n) is 9.88. The lowest BCUT2D eigenvalue weighted by Gasteiger charge is -2.33. The predicted molar refractivity (Wildman–Crippen MR) is 119 cm³/mol. The van der Waals surface area contributed by atoms with E-state index in [0.717, 1.165) is 23.9 Å². The molecular weight excluding hydrogens is 423 g/mol. The molecule has 30 heavy (non-hydrogen) atoms. The summed E-state index contributed by atoms with van der Waals surface area (Å²) in [7, 11) is 0. The van der Waals surface area contributed by atoms with Crippen LogP contribution in [0.3, 0.4) is 0 Å². The molecule has 1 aliphatic rings. The SMILES string of the molecule is CC(=O)N[C@@H]1CCCN(C(=O)Cn2c(-c3cccc(Cl)c3Cl)nc3ccccc32)C1. The number of hydrogen-bond acceptors (Lipinski definition) is 3. The second kappa shape index (κ2) is 8.66. The first-order chi connectivity index (χ1) is 14.4. The maximum Gasteiger partial charge on any atom is 0.242 e. The summed E-state index contributed by atoms with van der Waals surface area (Å²) in [6.45, 7) is 2.82. The fraction of sp³-hybridized carbons (Fsp3) is 0.318. The zero-order chi connectivity index (χ0) is 21.3. The number of hydrogen-bond donors (Lipinski definition) is 1. The normalized spacial score (nSPS) is 16.6. The van der Waals surface area contributed by atoms with E-state index in [2.05, 4.69) is 5.32 Å². The van der Waals surface area contributed by atoms with E-state index in [1.165, 1.54) is 6.92 Å². The zero-order valence-electron chi connectivity index (χ0n) is 16.6. The second-order valence-corrected chi connectivity index (χ2v) is 8.28. The molecule has 2 aromatic carbocycles. The highest BCUT2D eigenvalue weighted by Crippen LogP contribution is 2.34. The Kier molecular flexibility index (Phi) is 5.97. The number of nitrogens with one attached hydrogen (secondary N) is 1. The van der Waals surface area contributed by atoms with Gasteiger partial charge in [0, 0.05) is 31.6 Å². The van der Waals surface area contributed by atoms with Crippen molar-refractivity contribution in [2.24, 2.45) is 0 Å². The minimum atomic E-state index is -0.0761. The number of carbonyl (C=O) groups is 2. The van der Waals surface area contributed by atoms with Crippen LogP contribution in [-0.2, 0) is 16.1 Å². The van der Waals surface area contributed by atoms with E-state index in [9.17, 15) is 9.59 Å². The molecule has 1 saturated heterocycles. The van der Waals surface area contributed by atoms with Gasteiger partial charge in [-0.1, -0.05) is 41.4 Å². The maximum absolute atomic E-state index is 13.2. The summed E-state index contributed by atoms with van der Waals surface area (Å²) in [6.07, 6.45) is 1.73. The third-order valence-electron chi connectivity index (χ3n) is 5.32. The molecule has 0 saturated carbocycles. The van der Waals surface area contributed by atoms with Crippen LogP contribution in [0.2, 0.25) is 10.0 Å². The fourth-order valence-corrected chi connectivity index (χ4v) is 4.35. The molecule has 6 nitrogen and oxygen atoms in total. The van der Waals surface area contributed by atoms with Crippen LogP contribution in [0.15, 0.2) is 42.5 Å². The number of amides is 2. The Labute approximate surface area is 184 Å². The summed E-state index contributed by atoms with van der Waals surface area (Å²) in [4.78, 5) is 31.1. The number of fused-ring (bicyclic) bond motifs is 1. The van der Waals surface area contributed by atoms with Crippen molar-refractivity contribution in [1.29, 1.82) is 0 Å². The monoisotopic (exact) mass is 444 g/mol. The van der Waals surface area contributed by atoms with Crippen LogP contribution in [0.4, 0.5) is 0 Å². The molecule has 0 spiro atoms. The topological polar surface area (TPSA) is 67.2 Å². The average molecular weight is 445 g/mol. The number of halogens is 2. The molecular formula is C22H22Cl2N4O2. The van der Waals surface area contributed by atoms with Crippen LogP contribution < -0.4 is 5.32 Å². The van der Waals surface area contributed by atoms with Crippen LogP contribution in [0.1, 0.15) is 19.8 Å². The quantitative estimate of drug-likeness (QED) is 0.657. The van der Waals surface area contributed by atoms with Crippen molar-refractivity contribution >= 4 is 46.0 Å². The molecule has 1 aromatic heterocycles. The summed E-state index contributed by atoms with van der Waals surface area (Å²) in [5.74, 6) is 0.507. The molecule has 2 amide bonds. The number of benzene rings is 2. The van der Waals surface area contributed by atoms with Gasteiger partial charge in [-0.3, -0.25) is 9.59 Å². The minimum Gasteiger partial charge on any atom is -0.352 e. The molecule has 8 heteroatoms. The van der Waals surface area contributed by atoms with Gasteiger partial charge in [-0.05, 0) is 37.1 Å². The molecule has 3 aromatic rings. The van der Waals surface area contributed by atoms with Crippen molar-refractivity contribution in [2.75, 3.05) is 13.1 Å². The molecule has 0 bridgehead atoms. The van der Waals surface area contributed by atoms with Gasteiger partial charge >= 0.3 is 0 Å². The van der Waals surface area contributed by atoms with Gasteiger partial charge in [0.1, 0.15) is 12.4 Å². The average Bonchev–Trinajstić information content (AvgIpc) is 3.08. The molecule has 0 radical (unpaired) electrons. The number of nitrogens with zero attached hydrogens (tertiary/aromatic N) is 3. The number of para-hydroxylation sites is 2. The van der Waals surface area contributed by atoms with Gasteiger partial charge in [-0.15, -0.1) is 0 Å². The van der Waals surface area contributed by atoms with Crippen LogP contribution in [0.25, 0.3) is 22.4 Å². The predicted octanol–water partition coefficient (Wildman–Crippen LogP) is 4.14. The van der Waals surface area contributed by atoms with Crippen LogP contribution in [-0.4, -0.2) is 45.4 Å². The summed E-state index contributed by atoms with van der Waals surface area (Å²) >= 11 is 12.7. The highest BCUT2D eigenvalue weighted by atomic mass is 35.5. The smallest absolute Gasteiger partial charge is 0.242 e. The molecule has 0 unspecified atom stereocenters. The Hall–Kier alpha value is -2.57. The van der Waals surface area contributed by atoms with E-state index in [1.54, 1.807) is 6.07 Å². The van der Waals surface area contributed by atoms with Crippen LogP contribution in [0.5, 0.6) is 0 Å². The van der Waals surface area contributed by atoms with Gasteiger partial charge in [0.15, 0.2) is 0 Å².